The van der Waals surface area contributed by atoms with Crippen molar-refractivity contribution in [2.75, 3.05) is 0 Å². The molecule has 1 atom stereocenters. The minimum atomic E-state index is 0.162. The van der Waals surface area contributed by atoms with Gasteiger partial charge in [0.25, 0.3) is 0 Å². The fourth-order valence-electron chi connectivity index (χ4n) is 2.51. The Bertz CT molecular complexity index is 815. The average Bonchev–Trinajstić information content (AvgIpc) is 2.74. The monoisotopic (exact) mass is 302 g/mol. The molecule has 20 heavy (non-hydrogen) atoms. The van der Waals surface area contributed by atoms with Gasteiger partial charge in [-0.25, -0.2) is 0 Å². The summed E-state index contributed by atoms with van der Waals surface area (Å²) in [5.41, 5.74) is 4.62. The number of rotatable bonds is 2. The third-order valence-electron chi connectivity index (χ3n) is 3.61. The van der Waals surface area contributed by atoms with Crippen LogP contribution in [0.25, 0.3) is 11.0 Å². The van der Waals surface area contributed by atoms with E-state index >= 15 is 0 Å². The van der Waals surface area contributed by atoms with Crippen LogP contribution >= 0.6 is 23.8 Å². The zero-order valence-corrected chi connectivity index (χ0v) is 12.9. The molecular weight excluding hydrogens is 288 g/mol. The Morgan fingerprint density at radius 1 is 1.15 bits per heavy atom. The van der Waals surface area contributed by atoms with E-state index in [2.05, 4.69) is 41.6 Å². The fourth-order valence-corrected chi connectivity index (χ4v) is 3.00. The number of hydrogen-bond acceptors (Lipinski definition) is 1. The highest BCUT2D eigenvalue weighted by Gasteiger charge is 2.13. The molecule has 1 unspecified atom stereocenters. The summed E-state index contributed by atoms with van der Waals surface area (Å²) < 4.78 is 2.90. The predicted octanol–water partition coefficient (Wildman–Crippen LogP) is 5.27. The quantitative estimate of drug-likeness (QED) is 0.640. The Morgan fingerprint density at radius 2 is 1.85 bits per heavy atom. The summed E-state index contributed by atoms with van der Waals surface area (Å²) in [6.45, 7) is 4.24. The lowest BCUT2D eigenvalue weighted by Gasteiger charge is -2.15. The first-order valence-corrected chi connectivity index (χ1v) is 7.31. The van der Waals surface area contributed by atoms with Crippen LogP contribution in [0.1, 0.15) is 24.1 Å². The molecule has 0 radical (unpaired) electrons. The summed E-state index contributed by atoms with van der Waals surface area (Å²) in [6, 6.07) is 14.4. The van der Waals surface area contributed by atoms with Crippen LogP contribution in [0.4, 0.5) is 0 Å². The smallest absolute Gasteiger partial charge is 0.178 e. The molecule has 0 fully saturated rings. The van der Waals surface area contributed by atoms with Crippen molar-refractivity contribution < 1.29 is 0 Å². The fraction of sp³-hybridized carbons (Fsp3) is 0.188. The third kappa shape index (κ3) is 2.28. The highest BCUT2D eigenvalue weighted by Crippen LogP contribution is 2.26. The summed E-state index contributed by atoms with van der Waals surface area (Å²) >= 11 is 11.4. The second kappa shape index (κ2) is 5.08. The molecule has 0 amide bonds. The molecule has 2 nitrogen and oxygen atoms in total. The number of benzene rings is 2. The van der Waals surface area contributed by atoms with Gasteiger partial charge in [-0.2, -0.15) is 0 Å². The first kappa shape index (κ1) is 13.4. The predicted molar refractivity (Wildman–Crippen MR) is 87.1 cm³/mol. The number of nitrogens with zero attached hydrogens (tertiary/aromatic N) is 1. The van der Waals surface area contributed by atoms with E-state index in [9.17, 15) is 0 Å². The lowest BCUT2D eigenvalue weighted by atomic mass is 10.1. The average molecular weight is 303 g/mol. The molecule has 1 N–H and O–H groups in total. The van der Waals surface area contributed by atoms with Gasteiger partial charge in [-0.3, -0.25) is 0 Å². The van der Waals surface area contributed by atoms with E-state index in [1.54, 1.807) is 0 Å². The van der Waals surface area contributed by atoms with Crippen LogP contribution in [0.2, 0.25) is 5.02 Å². The van der Waals surface area contributed by atoms with E-state index in [0.29, 0.717) is 0 Å². The number of nitrogens with one attached hydrogen (secondary N) is 1. The second-order valence-corrected chi connectivity index (χ2v) is 5.87. The first-order valence-electron chi connectivity index (χ1n) is 6.52. The molecule has 3 rings (SSSR count). The normalized spacial score (nSPS) is 12.8. The number of imidazole rings is 1. The molecule has 4 heteroatoms. The van der Waals surface area contributed by atoms with Gasteiger partial charge in [0.1, 0.15) is 0 Å². The molecule has 0 aliphatic heterocycles. The van der Waals surface area contributed by atoms with Gasteiger partial charge in [0.15, 0.2) is 4.77 Å². The van der Waals surface area contributed by atoms with E-state index in [1.165, 1.54) is 11.1 Å². The van der Waals surface area contributed by atoms with Gasteiger partial charge in [0.2, 0.25) is 0 Å². The number of H-pyrrole nitrogens is 1. The molecule has 3 aromatic rings. The van der Waals surface area contributed by atoms with Crippen LogP contribution in [0.3, 0.4) is 0 Å². The van der Waals surface area contributed by atoms with Crippen LogP contribution in [-0.4, -0.2) is 9.55 Å². The molecule has 0 aliphatic rings. The minimum absolute atomic E-state index is 0.162. The Kier molecular flexibility index (Phi) is 3.40. The molecule has 0 saturated carbocycles. The summed E-state index contributed by atoms with van der Waals surface area (Å²) in [7, 11) is 0. The van der Waals surface area contributed by atoms with Gasteiger partial charge in [0, 0.05) is 5.02 Å². The molecule has 0 aliphatic carbocycles. The van der Waals surface area contributed by atoms with E-state index in [-0.39, 0.29) is 6.04 Å². The Balaban J connectivity index is 2.18. The van der Waals surface area contributed by atoms with Gasteiger partial charge >= 0.3 is 0 Å². The molecule has 0 spiro atoms. The topological polar surface area (TPSA) is 20.7 Å². The summed E-state index contributed by atoms with van der Waals surface area (Å²) in [5, 5.41) is 0.749. The van der Waals surface area contributed by atoms with Crippen molar-refractivity contribution in [3.8, 4) is 0 Å². The van der Waals surface area contributed by atoms with Gasteiger partial charge in [-0.15, -0.1) is 0 Å². The first-order chi connectivity index (χ1) is 9.56. The van der Waals surface area contributed by atoms with Gasteiger partial charge in [0.05, 0.1) is 17.1 Å². The zero-order chi connectivity index (χ0) is 14.3. The van der Waals surface area contributed by atoms with Gasteiger partial charge in [-0.1, -0.05) is 29.8 Å². The molecule has 1 heterocycles. The number of halogens is 1. The van der Waals surface area contributed by atoms with Crippen molar-refractivity contribution in [3.63, 3.8) is 0 Å². The summed E-state index contributed by atoms with van der Waals surface area (Å²) in [5.74, 6) is 0. The van der Waals surface area contributed by atoms with Crippen LogP contribution in [0, 0.1) is 11.7 Å². The molecule has 1 aromatic heterocycles. The Hall–Kier alpha value is -1.58. The van der Waals surface area contributed by atoms with Gasteiger partial charge in [-0.05, 0) is 61.5 Å². The number of aromatic amines is 1. The maximum Gasteiger partial charge on any atom is 0.178 e. The molecule has 2 aromatic carbocycles. The van der Waals surface area contributed by atoms with Crippen molar-refractivity contribution in [2.24, 2.45) is 0 Å². The molecule has 102 valence electrons. The number of aryl methyl sites for hydroxylation is 1. The van der Waals surface area contributed by atoms with Crippen molar-refractivity contribution in [3.05, 3.63) is 63.4 Å². The Morgan fingerprint density at radius 3 is 2.55 bits per heavy atom. The van der Waals surface area contributed by atoms with Gasteiger partial charge < -0.3 is 9.55 Å². The lowest BCUT2D eigenvalue weighted by molar-refractivity contribution is 0.649. The van der Waals surface area contributed by atoms with Crippen molar-refractivity contribution in [2.45, 2.75) is 19.9 Å². The summed E-state index contributed by atoms with van der Waals surface area (Å²) in [6.07, 6.45) is 0. The van der Waals surface area contributed by atoms with Crippen molar-refractivity contribution >= 4 is 34.9 Å². The maximum absolute atomic E-state index is 5.95. The SMILES string of the molecule is Cc1ccc2[nH]c(=S)n(C(C)c3ccc(Cl)cc3)c2c1. The minimum Gasteiger partial charge on any atom is -0.331 e. The van der Waals surface area contributed by atoms with E-state index in [4.69, 9.17) is 23.8 Å². The third-order valence-corrected chi connectivity index (χ3v) is 4.16. The standard InChI is InChI=1S/C16H15ClN2S/c1-10-3-8-14-15(9-10)19(16(20)18-14)11(2)12-4-6-13(17)7-5-12/h3-9,11H,1-2H3,(H,18,20). The van der Waals surface area contributed by atoms with Crippen molar-refractivity contribution in [1.29, 1.82) is 0 Å². The lowest BCUT2D eigenvalue weighted by Crippen LogP contribution is -2.06. The highest BCUT2D eigenvalue weighted by atomic mass is 35.5. The van der Waals surface area contributed by atoms with Crippen LogP contribution in [-0.2, 0) is 0 Å². The van der Waals surface area contributed by atoms with E-state index < -0.39 is 0 Å². The number of hydrogen-bond donors (Lipinski definition) is 1. The number of aromatic nitrogens is 2. The summed E-state index contributed by atoms with van der Waals surface area (Å²) in [4.78, 5) is 3.27. The Labute approximate surface area is 128 Å². The van der Waals surface area contributed by atoms with E-state index in [1.807, 2.05) is 24.3 Å². The van der Waals surface area contributed by atoms with Crippen molar-refractivity contribution in [1.82, 2.24) is 9.55 Å². The molecular formula is C16H15ClN2S. The zero-order valence-electron chi connectivity index (χ0n) is 11.4. The molecule has 0 bridgehead atoms. The van der Waals surface area contributed by atoms with Crippen LogP contribution < -0.4 is 0 Å². The van der Waals surface area contributed by atoms with E-state index in [0.717, 1.165) is 20.8 Å². The number of fused-ring (bicyclic) bond motifs is 1. The van der Waals surface area contributed by atoms with Crippen LogP contribution in [0.15, 0.2) is 42.5 Å². The largest absolute Gasteiger partial charge is 0.331 e. The maximum atomic E-state index is 5.95. The second-order valence-electron chi connectivity index (χ2n) is 5.05. The highest BCUT2D eigenvalue weighted by molar-refractivity contribution is 7.71. The van der Waals surface area contributed by atoms with Crippen LogP contribution in [0.5, 0.6) is 0 Å². The molecule has 0 saturated heterocycles.